The number of thioether (sulfide) groups is 1. The molecule has 0 aromatic heterocycles. The number of hydrogen-bond acceptors (Lipinski definition) is 5. The van der Waals surface area contributed by atoms with E-state index in [2.05, 4.69) is 9.89 Å². The third-order valence-electron chi connectivity index (χ3n) is 2.66. The minimum Gasteiger partial charge on any atom is -0.320 e. The number of nitro groups is 1. The highest BCUT2D eigenvalue weighted by molar-refractivity contribution is 8.14. The molecule has 0 atom stereocenters. The maximum absolute atomic E-state index is 10.7. The van der Waals surface area contributed by atoms with Crippen molar-refractivity contribution in [2.24, 2.45) is 4.99 Å². The average Bonchev–Trinajstić information content (AvgIpc) is 2.66. The van der Waals surface area contributed by atoms with Crippen molar-refractivity contribution in [3.05, 3.63) is 28.3 Å². The second-order valence-corrected chi connectivity index (χ2v) is 4.69. The first kappa shape index (κ1) is 9.65. The largest absolute Gasteiger partial charge is 0.320 e. The van der Waals surface area contributed by atoms with Crippen molar-refractivity contribution in [3.63, 3.8) is 0 Å². The Morgan fingerprint density at radius 3 is 3.19 bits per heavy atom. The summed E-state index contributed by atoms with van der Waals surface area (Å²) in [5, 5.41) is 11.7. The van der Waals surface area contributed by atoms with Gasteiger partial charge in [-0.15, -0.1) is 0 Å². The van der Waals surface area contributed by atoms with Crippen molar-refractivity contribution in [1.29, 1.82) is 0 Å². The fourth-order valence-electron chi connectivity index (χ4n) is 1.91. The molecule has 0 saturated heterocycles. The number of benzene rings is 1. The van der Waals surface area contributed by atoms with Crippen LogP contribution >= 0.6 is 11.8 Å². The molecule has 3 rings (SSSR count). The molecule has 2 heterocycles. The van der Waals surface area contributed by atoms with Crippen LogP contribution in [0.1, 0.15) is 6.42 Å². The Morgan fingerprint density at radius 1 is 1.50 bits per heavy atom. The van der Waals surface area contributed by atoms with E-state index in [0.29, 0.717) is 0 Å². The molecule has 0 unspecified atom stereocenters. The molecule has 0 aliphatic carbocycles. The van der Waals surface area contributed by atoms with Gasteiger partial charge in [-0.05, 0) is 24.2 Å². The summed E-state index contributed by atoms with van der Waals surface area (Å²) in [6.07, 6.45) is 1.01. The number of aliphatic imine (C=N–C) groups is 1. The Labute approximate surface area is 96.3 Å². The minimum atomic E-state index is -0.357. The second kappa shape index (κ2) is 3.48. The van der Waals surface area contributed by atoms with Gasteiger partial charge < -0.3 is 4.90 Å². The SMILES string of the molecule is O=[N+]([O-])c1ccc2c(c1)N1CCCN=C1S2. The molecule has 0 saturated carbocycles. The van der Waals surface area contributed by atoms with Gasteiger partial charge >= 0.3 is 0 Å². The van der Waals surface area contributed by atoms with E-state index in [1.807, 2.05) is 0 Å². The summed E-state index contributed by atoms with van der Waals surface area (Å²) in [5.74, 6) is 0. The number of amidine groups is 1. The van der Waals surface area contributed by atoms with Gasteiger partial charge in [-0.1, -0.05) is 0 Å². The lowest BCUT2D eigenvalue weighted by Crippen LogP contribution is -2.30. The summed E-state index contributed by atoms with van der Waals surface area (Å²) in [7, 11) is 0. The molecular weight excluding hydrogens is 226 g/mol. The van der Waals surface area contributed by atoms with Crippen LogP contribution in [0.15, 0.2) is 28.1 Å². The van der Waals surface area contributed by atoms with Crippen molar-refractivity contribution >= 4 is 28.3 Å². The second-order valence-electron chi connectivity index (χ2n) is 3.68. The maximum Gasteiger partial charge on any atom is 0.271 e. The zero-order valence-corrected chi connectivity index (χ0v) is 9.24. The first-order valence-corrected chi connectivity index (χ1v) is 5.85. The zero-order valence-electron chi connectivity index (χ0n) is 8.42. The Morgan fingerprint density at radius 2 is 2.38 bits per heavy atom. The normalized spacial score (nSPS) is 17.8. The van der Waals surface area contributed by atoms with Crippen LogP contribution in [0.4, 0.5) is 11.4 Å². The number of nitrogens with zero attached hydrogens (tertiary/aromatic N) is 3. The van der Waals surface area contributed by atoms with Crippen molar-refractivity contribution in [2.45, 2.75) is 11.3 Å². The van der Waals surface area contributed by atoms with E-state index in [4.69, 9.17) is 0 Å². The first-order chi connectivity index (χ1) is 7.75. The monoisotopic (exact) mass is 235 g/mol. The van der Waals surface area contributed by atoms with E-state index in [-0.39, 0.29) is 10.6 Å². The Hall–Kier alpha value is -1.56. The molecule has 0 fully saturated rings. The van der Waals surface area contributed by atoms with Crippen LogP contribution in [0.25, 0.3) is 0 Å². The van der Waals surface area contributed by atoms with E-state index in [1.165, 1.54) is 0 Å². The topological polar surface area (TPSA) is 58.7 Å². The van der Waals surface area contributed by atoms with E-state index in [9.17, 15) is 10.1 Å². The molecule has 16 heavy (non-hydrogen) atoms. The number of anilines is 1. The van der Waals surface area contributed by atoms with Gasteiger partial charge in [-0.25, -0.2) is 0 Å². The summed E-state index contributed by atoms with van der Waals surface area (Å²) < 4.78 is 0. The molecule has 5 nitrogen and oxygen atoms in total. The lowest BCUT2D eigenvalue weighted by atomic mass is 10.2. The summed E-state index contributed by atoms with van der Waals surface area (Å²) in [6.45, 7) is 1.76. The lowest BCUT2D eigenvalue weighted by Gasteiger charge is -2.22. The van der Waals surface area contributed by atoms with Crippen LogP contribution < -0.4 is 4.90 Å². The van der Waals surface area contributed by atoms with E-state index in [1.54, 1.807) is 30.0 Å². The molecule has 0 N–H and O–H groups in total. The van der Waals surface area contributed by atoms with E-state index < -0.39 is 0 Å². The molecular formula is C10H9N3O2S. The molecule has 0 radical (unpaired) electrons. The van der Waals surface area contributed by atoms with Gasteiger partial charge in [-0.2, -0.15) is 0 Å². The third kappa shape index (κ3) is 1.37. The predicted molar refractivity (Wildman–Crippen MR) is 63.2 cm³/mol. The number of nitro benzene ring substituents is 1. The molecule has 82 valence electrons. The van der Waals surface area contributed by atoms with Gasteiger partial charge in [0.05, 0.1) is 10.6 Å². The van der Waals surface area contributed by atoms with Crippen molar-refractivity contribution in [2.75, 3.05) is 18.0 Å². The maximum atomic E-state index is 10.7. The number of rotatable bonds is 1. The predicted octanol–water partition coefficient (Wildman–Crippen LogP) is 2.27. The molecule has 6 heteroatoms. The number of fused-ring (bicyclic) bond motifs is 3. The van der Waals surface area contributed by atoms with Gasteiger partial charge in [0.1, 0.15) is 0 Å². The van der Waals surface area contributed by atoms with Crippen LogP contribution in [0.3, 0.4) is 0 Å². The van der Waals surface area contributed by atoms with Gasteiger partial charge in [0, 0.05) is 30.1 Å². The van der Waals surface area contributed by atoms with Crippen LogP contribution in [0, 0.1) is 10.1 Å². The van der Waals surface area contributed by atoms with Crippen molar-refractivity contribution < 1.29 is 4.92 Å². The number of hydrogen-bond donors (Lipinski definition) is 0. The van der Waals surface area contributed by atoms with Gasteiger partial charge in [0.2, 0.25) is 0 Å². The standard InChI is InChI=1S/C10H9N3O2S/c14-13(15)7-2-3-9-8(6-7)12-5-1-4-11-10(12)16-9/h2-3,6H,1,4-5H2. The summed E-state index contributed by atoms with van der Waals surface area (Å²) in [5.41, 5.74) is 1.07. The highest BCUT2D eigenvalue weighted by atomic mass is 32.2. The first-order valence-electron chi connectivity index (χ1n) is 5.04. The van der Waals surface area contributed by atoms with Crippen LogP contribution in [0.5, 0.6) is 0 Å². The molecule has 1 aromatic carbocycles. The molecule has 1 aromatic rings. The molecule has 0 bridgehead atoms. The Bertz CT molecular complexity index is 501. The smallest absolute Gasteiger partial charge is 0.271 e. The summed E-state index contributed by atoms with van der Waals surface area (Å²) >= 11 is 1.59. The lowest BCUT2D eigenvalue weighted by molar-refractivity contribution is -0.384. The molecule has 0 spiro atoms. The van der Waals surface area contributed by atoms with Crippen molar-refractivity contribution in [1.82, 2.24) is 0 Å². The van der Waals surface area contributed by atoms with Crippen LogP contribution in [-0.4, -0.2) is 23.2 Å². The van der Waals surface area contributed by atoms with E-state index >= 15 is 0 Å². The molecule has 0 amide bonds. The van der Waals surface area contributed by atoms with Gasteiger partial charge in [0.25, 0.3) is 5.69 Å². The van der Waals surface area contributed by atoms with Gasteiger partial charge in [0.15, 0.2) is 5.17 Å². The zero-order chi connectivity index (χ0) is 11.1. The van der Waals surface area contributed by atoms with E-state index in [0.717, 1.165) is 35.3 Å². The van der Waals surface area contributed by atoms with Crippen molar-refractivity contribution in [3.8, 4) is 0 Å². The third-order valence-corrected chi connectivity index (χ3v) is 3.76. The number of non-ortho nitro benzene ring substituents is 1. The fraction of sp³-hybridized carbons (Fsp3) is 0.300. The quantitative estimate of drug-likeness (QED) is 0.553. The fourth-order valence-corrected chi connectivity index (χ4v) is 2.97. The highest BCUT2D eigenvalue weighted by Crippen LogP contribution is 2.43. The Kier molecular flexibility index (Phi) is 2.10. The summed E-state index contributed by atoms with van der Waals surface area (Å²) in [6, 6.07) is 4.99. The van der Waals surface area contributed by atoms with Crippen LogP contribution in [0.2, 0.25) is 0 Å². The average molecular weight is 235 g/mol. The molecule has 2 aliphatic rings. The molecule has 2 aliphatic heterocycles. The summed E-state index contributed by atoms with van der Waals surface area (Å²) in [4.78, 5) is 17.9. The highest BCUT2D eigenvalue weighted by Gasteiger charge is 2.29. The Balaban J connectivity index is 2.08. The van der Waals surface area contributed by atoms with Crippen LogP contribution in [-0.2, 0) is 0 Å². The van der Waals surface area contributed by atoms with Gasteiger partial charge in [-0.3, -0.25) is 15.1 Å². The minimum absolute atomic E-state index is 0.145.